The monoisotopic (exact) mass is 522 g/mol. The van der Waals surface area contributed by atoms with Gasteiger partial charge in [-0.25, -0.2) is 14.4 Å². The van der Waals surface area contributed by atoms with E-state index in [9.17, 15) is 24.6 Å². The fraction of sp³-hybridized carbons (Fsp3) is 0.0645. The second-order valence-electron chi connectivity index (χ2n) is 8.56. The second kappa shape index (κ2) is 12.2. The molecule has 0 spiro atoms. The average Bonchev–Trinajstić information content (AvgIpc) is 2.95. The molecule has 3 N–H and O–H groups in total. The Kier molecular flexibility index (Phi) is 8.38. The number of para-hydroxylation sites is 1. The zero-order valence-corrected chi connectivity index (χ0v) is 20.9. The number of carboxylic acid groups (broad SMARTS) is 2. The molecule has 4 aromatic carbocycles. The van der Waals surface area contributed by atoms with E-state index in [2.05, 4.69) is 11.9 Å². The van der Waals surface area contributed by atoms with E-state index >= 15 is 0 Å². The third-order valence-corrected chi connectivity index (χ3v) is 5.91. The topological polar surface area (TPSA) is 116 Å². The lowest BCUT2D eigenvalue weighted by Gasteiger charge is -2.26. The van der Waals surface area contributed by atoms with Crippen molar-refractivity contribution in [2.75, 3.05) is 4.90 Å². The molecule has 0 aliphatic heterocycles. The molecule has 0 atom stereocenters. The number of urea groups is 1. The molecule has 0 radical (unpaired) electrons. The molecule has 39 heavy (non-hydrogen) atoms. The first-order valence-corrected chi connectivity index (χ1v) is 12.0. The zero-order chi connectivity index (χ0) is 27.8. The Bertz CT molecular complexity index is 1490. The lowest BCUT2D eigenvalue weighted by molar-refractivity contribution is 0.0681. The number of rotatable bonds is 10. The quantitative estimate of drug-likeness (QED) is 0.221. The van der Waals surface area contributed by atoms with Gasteiger partial charge in [-0.05, 0) is 53.1 Å². The van der Waals surface area contributed by atoms with Crippen molar-refractivity contribution in [1.29, 1.82) is 0 Å². The van der Waals surface area contributed by atoms with Crippen LogP contribution in [0.5, 0.6) is 11.5 Å². The van der Waals surface area contributed by atoms with Gasteiger partial charge in [0.05, 0.1) is 23.4 Å². The molecule has 0 aromatic heterocycles. The first-order chi connectivity index (χ1) is 18.9. The summed E-state index contributed by atoms with van der Waals surface area (Å²) in [5.41, 5.74) is 1.24. The molecule has 196 valence electrons. The number of aromatic carboxylic acids is 2. The number of carboxylic acids is 2. The summed E-state index contributed by atoms with van der Waals surface area (Å²) >= 11 is 0. The first-order valence-electron chi connectivity index (χ1n) is 12.0. The van der Waals surface area contributed by atoms with Crippen molar-refractivity contribution < 1.29 is 29.3 Å². The Balaban J connectivity index is 1.60. The largest absolute Gasteiger partial charge is 0.478 e. The Morgan fingerprint density at radius 1 is 0.769 bits per heavy atom. The smallest absolute Gasteiger partial charge is 0.337 e. The SMILES string of the molecule is C=Cc1cc(C(=O)O)c(N(Cc2ccccc2)C(=O)NCc2ccc(Oc3ccccc3)cc2)cc1C(=O)O. The van der Waals surface area contributed by atoms with Crippen LogP contribution >= 0.6 is 0 Å². The first kappa shape index (κ1) is 26.7. The van der Waals surface area contributed by atoms with E-state index in [-0.39, 0.29) is 35.5 Å². The van der Waals surface area contributed by atoms with Crippen molar-refractivity contribution in [3.63, 3.8) is 0 Å². The summed E-state index contributed by atoms with van der Waals surface area (Å²) in [4.78, 5) is 38.7. The maximum atomic E-state index is 13.5. The van der Waals surface area contributed by atoms with Crippen LogP contribution < -0.4 is 15.0 Å². The van der Waals surface area contributed by atoms with E-state index in [4.69, 9.17) is 4.74 Å². The fourth-order valence-electron chi connectivity index (χ4n) is 3.96. The number of ether oxygens (including phenoxy) is 1. The number of carbonyl (C=O) groups is 3. The van der Waals surface area contributed by atoms with Crippen LogP contribution in [0.15, 0.2) is 104 Å². The van der Waals surface area contributed by atoms with Crippen molar-refractivity contribution in [2.45, 2.75) is 13.1 Å². The van der Waals surface area contributed by atoms with E-state index in [1.807, 2.05) is 48.5 Å². The maximum absolute atomic E-state index is 13.5. The van der Waals surface area contributed by atoms with Gasteiger partial charge in [0, 0.05) is 6.54 Å². The summed E-state index contributed by atoms with van der Waals surface area (Å²) < 4.78 is 5.80. The Morgan fingerprint density at radius 2 is 1.36 bits per heavy atom. The molecular formula is C31H26N2O6. The van der Waals surface area contributed by atoms with Gasteiger partial charge < -0.3 is 20.3 Å². The molecule has 4 rings (SSSR count). The summed E-state index contributed by atoms with van der Waals surface area (Å²) in [6, 6.07) is 27.4. The summed E-state index contributed by atoms with van der Waals surface area (Å²) in [7, 11) is 0. The molecule has 8 nitrogen and oxygen atoms in total. The normalized spacial score (nSPS) is 10.4. The minimum Gasteiger partial charge on any atom is -0.478 e. The lowest BCUT2D eigenvalue weighted by atomic mass is 10.0. The number of nitrogens with zero attached hydrogens (tertiary/aromatic N) is 1. The van der Waals surface area contributed by atoms with Gasteiger partial charge in [0.2, 0.25) is 0 Å². The third kappa shape index (κ3) is 6.69. The highest BCUT2D eigenvalue weighted by Gasteiger charge is 2.25. The van der Waals surface area contributed by atoms with E-state index < -0.39 is 18.0 Å². The van der Waals surface area contributed by atoms with Crippen LogP contribution in [-0.4, -0.2) is 28.2 Å². The highest BCUT2D eigenvalue weighted by molar-refractivity contribution is 6.05. The summed E-state index contributed by atoms with van der Waals surface area (Å²) in [6.07, 6.45) is 1.27. The van der Waals surface area contributed by atoms with Gasteiger partial charge >= 0.3 is 18.0 Å². The third-order valence-electron chi connectivity index (χ3n) is 5.91. The van der Waals surface area contributed by atoms with Gasteiger partial charge in [0.25, 0.3) is 0 Å². The number of amides is 2. The van der Waals surface area contributed by atoms with Gasteiger partial charge in [0.15, 0.2) is 0 Å². The number of nitrogens with one attached hydrogen (secondary N) is 1. The number of hydrogen-bond acceptors (Lipinski definition) is 4. The number of anilines is 1. The number of hydrogen-bond donors (Lipinski definition) is 3. The molecule has 0 heterocycles. The molecule has 2 amide bonds. The van der Waals surface area contributed by atoms with Gasteiger partial charge in [-0.1, -0.05) is 73.3 Å². The van der Waals surface area contributed by atoms with Gasteiger partial charge in [-0.15, -0.1) is 0 Å². The van der Waals surface area contributed by atoms with Crippen molar-refractivity contribution >= 4 is 29.7 Å². The second-order valence-corrected chi connectivity index (χ2v) is 8.56. The Labute approximate surface area is 225 Å². The van der Waals surface area contributed by atoms with Crippen molar-refractivity contribution in [3.8, 4) is 11.5 Å². The van der Waals surface area contributed by atoms with Crippen molar-refractivity contribution in [3.05, 3.63) is 131 Å². The molecule has 0 unspecified atom stereocenters. The highest BCUT2D eigenvalue weighted by Crippen LogP contribution is 2.28. The molecule has 4 aromatic rings. The molecule has 0 saturated heterocycles. The Morgan fingerprint density at radius 3 is 1.95 bits per heavy atom. The van der Waals surface area contributed by atoms with Crippen LogP contribution in [0, 0.1) is 0 Å². The summed E-state index contributed by atoms with van der Waals surface area (Å²) in [5, 5.41) is 22.4. The summed E-state index contributed by atoms with van der Waals surface area (Å²) in [6.45, 7) is 3.75. The zero-order valence-electron chi connectivity index (χ0n) is 20.9. The predicted molar refractivity (Wildman–Crippen MR) is 148 cm³/mol. The Hall–Kier alpha value is -5.37. The molecule has 0 saturated carbocycles. The van der Waals surface area contributed by atoms with Crippen LogP contribution in [0.3, 0.4) is 0 Å². The summed E-state index contributed by atoms with van der Waals surface area (Å²) in [5.74, 6) is -1.23. The number of carbonyl (C=O) groups excluding carboxylic acids is 1. The highest BCUT2D eigenvalue weighted by atomic mass is 16.5. The van der Waals surface area contributed by atoms with Gasteiger partial charge in [-0.3, -0.25) is 4.90 Å². The average molecular weight is 523 g/mol. The van der Waals surface area contributed by atoms with Crippen LogP contribution in [0.1, 0.15) is 37.4 Å². The van der Waals surface area contributed by atoms with Crippen molar-refractivity contribution in [1.82, 2.24) is 5.32 Å². The minimum atomic E-state index is -1.30. The minimum absolute atomic E-state index is 0.0172. The molecule has 0 fully saturated rings. The fourth-order valence-corrected chi connectivity index (χ4v) is 3.96. The molecular weight excluding hydrogens is 496 g/mol. The van der Waals surface area contributed by atoms with Crippen molar-refractivity contribution in [2.24, 2.45) is 0 Å². The maximum Gasteiger partial charge on any atom is 0.337 e. The van der Waals surface area contributed by atoms with E-state index in [1.165, 1.54) is 23.1 Å². The van der Waals surface area contributed by atoms with E-state index in [0.29, 0.717) is 11.5 Å². The van der Waals surface area contributed by atoms with Crippen LogP contribution in [0.2, 0.25) is 0 Å². The lowest BCUT2D eigenvalue weighted by Crippen LogP contribution is -2.40. The predicted octanol–water partition coefficient (Wildman–Crippen LogP) is 6.43. The van der Waals surface area contributed by atoms with Crippen LogP contribution in [0.4, 0.5) is 10.5 Å². The van der Waals surface area contributed by atoms with Gasteiger partial charge in [-0.2, -0.15) is 0 Å². The number of benzene rings is 4. The van der Waals surface area contributed by atoms with E-state index in [0.717, 1.165) is 11.1 Å². The van der Waals surface area contributed by atoms with Gasteiger partial charge in [0.1, 0.15) is 11.5 Å². The molecule has 8 heteroatoms. The van der Waals surface area contributed by atoms with E-state index in [1.54, 1.807) is 36.4 Å². The van der Waals surface area contributed by atoms with Crippen LogP contribution in [0.25, 0.3) is 6.08 Å². The molecule has 0 bridgehead atoms. The molecule has 0 aliphatic carbocycles. The van der Waals surface area contributed by atoms with Crippen LogP contribution in [-0.2, 0) is 13.1 Å². The standard InChI is InChI=1S/C31H26N2O6/c1-2-23-17-27(30(36)37)28(18-26(23)29(34)35)33(20-22-9-5-3-6-10-22)31(38)32-19-21-13-15-25(16-14-21)39-24-11-7-4-8-12-24/h2-18H,1,19-20H2,(H,32,38)(H,34,35)(H,36,37). The molecule has 0 aliphatic rings.